The molecule has 5 nitrogen and oxygen atoms in total. The number of carbonyl (C=O) groups excluding carboxylic acids is 1. The van der Waals surface area contributed by atoms with Gasteiger partial charge in [-0.1, -0.05) is 0 Å². The fourth-order valence-corrected chi connectivity index (χ4v) is 3.02. The first-order valence-electron chi connectivity index (χ1n) is 8.23. The van der Waals surface area contributed by atoms with Crippen molar-refractivity contribution in [2.24, 2.45) is 0 Å². The SMILES string of the molecule is CC1CCCN1CCCOc1ccc(-n2cc(C=O)cn2)cc1. The second-order valence-electron chi connectivity index (χ2n) is 6.06. The van der Waals surface area contributed by atoms with Crippen molar-refractivity contribution in [2.75, 3.05) is 19.7 Å². The van der Waals surface area contributed by atoms with Crippen molar-refractivity contribution in [3.8, 4) is 11.4 Å². The van der Waals surface area contributed by atoms with Gasteiger partial charge in [0.05, 0.1) is 24.1 Å². The van der Waals surface area contributed by atoms with E-state index in [-0.39, 0.29) is 0 Å². The van der Waals surface area contributed by atoms with Crippen molar-refractivity contribution < 1.29 is 9.53 Å². The maximum atomic E-state index is 10.7. The molecule has 0 spiro atoms. The number of rotatable bonds is 7. The van der Waals surface area contributed by atoms with Crippen molar-refractivity contribution >= 4 is 6.29 Å². The van der Waals surface area contributed by atoms with Gasteiger partial charge in [0.2, 0.25) is 0 Å². The van der Waals surface area contributed by atoms with E-state index in [1.807, 2.05) is 24.3 Å². The lowest BCUT2D eigenvalue weighted by Gasteiger charge is -2.20. The molecule has 3 rings (SSSR count). The lowest BCUT2D eigenvalue weighted by Crippen LogP contribution is -2.28. The van der Waals surface area contributed by atoms with Gasteiger partial charge in [0, 0.05) is 18.8 Å². The summed E-state index contributed by atoms with van der Waals surface area (Å²) in [4.78, 5) is 13.2. The highest BCUT2D eigenvalue weighted by Gasteiger charge is 2.18. The summed E-state index contributed by atoms with van der Waals surface area (Å²) >= 11 is 0. The fraction of sp³-hybridized carbons (Fsp3) is 0.444. The molecule has 2 heterocycles. The number of hydrogen-bond donors (Lipinski definition) is 0. The third kappa shape index (κ3) is 3.99. The van der Waals surface area contributed by atoms with Gasteiger partial charge in [-0.05, 0) is 57.0 Å². The van der Waals surface area contributed by atoms with E-state index in [2.05, 4.69) is 16.9 Å². The Bertz CT molecular complexity index is 636. The van der Waals surface area contributed by atoms with Crippen LogP contribution in [0.5, 0.6) is 5.75 Å². The van der Waals surface area contributed by atoms with Crippen molar-refractivity contribution in [1.29, 1.82) is 0 Å². The van der Waals surface area contributed by atoms with E-state index in [0.29, 0.717) is 5.56 Å². The molecule has 122 valence electrons. The van der Waals surface area contributed by atoms with Crippen LogP contribution in [0, 0.1) is 0 Å². The molecule has 1 aromatic heterocycles. The van der Waals surface area contributed by atoms with Crippen molar-refractivity contribution in [2.45, 2.75) is 32.2 Å². The summed E-state index contributed by atoms with van der Waals surface area (Å²) in [5, 5.41) is 4.15. The molecule has 0 N–H and O–H groups in total. The molecule has 1 aliphatic heterocycles. The average Bonchev–Trinajstić information content (AvgIpc) is 3.21. The molecule has 1 aromatic carbocycles. The van der Waals surface area contributed by atoms with Crippen molar-refractivity contribution in [1.82, 2.24) is 14.7 Å². The predicted octanol–water partition coefficient (Wildman–Crippen LogP) is 2.94. The summed E-state index contributed by atoms with van der Waals surface area (Å²) < 4.78 is 7.49. The van der Waals surface area contributed by atoms with Gasteiger partial charge in [-0.15, -0.1) is 0 Å². The van der Waals surface area contributed by atoms with Crippen LogP contribution in [0.2, 0.25) is 0 Å². The van der Waals surface area contributed by atoms with Crippen LogP contribution in [0.25, 0.3) is 5.69 Å². The molecule has 0 amide bonds. The minimum absolute atomic E-state index is 0.571. The van der Waals surface area contributed by atoms with Crippen LogP contribution in [0.3, 0.4) is 0 Å². The number of hydrogen-bond acceptors (Lipinski definition) is 4. The Balaban J connectivity index is 1.46. The maximum absolute atomic E-state index is 10.7. The maximum Gasteiger partial charge on any atom is 0.153 e. The van der Waals surface area contributed by atoms with Gasteiger partial charge >= 0.3 is 0 Å². The Labute approximate surface area is 136 Å². The lowest BCUT2D eigenvalue weighted by atomic mass is 10.2. The minimum Gasteiger partial charge on any atom is -0.494 e. The highest BCUT2D eigenvalue weighted by Crippen LogP contribution is 2.17. The van der Waals surface area contributed by atoms with E-state index >= 15 is 0 Å². The van der Waals surface area contributed by atoms with Crippen LogP contribution in [-0.2, 0) is 0 Å². The van der Waals surface area contributed by atoms with Crippen LogP contribution in [0.4, 0.5) is 0 Å². The second kappa shape index (κ2) is 7.42. The normalized spacial score (nSPS) is 18.2. The molecule has 5 heteroatoms. The van der Waals surface area contributed by atoms with E-state index in [0.717, 1.165) is 43.3 Å². The molecule has 0 radical (unpaired) electrons. The van der Waals surface area contributed by atoms with Crippen LogP contribution < -0.4 is 4.74 Å². The number of ether oxygens (including phenoxy) is 1. The fourth-order valence-electron chi connectivity index (χ4n) is 3.02. The summed E-state index contributed by atoms with van der Waals surface area (Å²) in [5.74, 6) is 0.867. The number of aromatic nitrogens is 2. The van der Waals surface area contributed by atoms with E-state index < -0.39 is 0 Å². The zero-order chi connectivity index (χ0) is 16.1. The molecule has 0 saturated carbocycles. The summed E-state index contributed by atoms with van der Waals surface area (Å²) in [6.07, 6.45) is 7.75. The van der Waals surface area contributed by atoms with Gasteiger partial charge in [-0.2, -0.15) is 5.10 Å². The molecule has 1 saturated heterocycles. The third-order valence-corrected chi connectivity index (χ3v) is 4.39. The highest BCUT2D eigenvalue weighted by atomic mass is 16.5. The smallest absolute Gasteiger partial charge is 0.153 e. The lowest BCUT2D eigenvalue weighted by molar-refractivity contribution is 0.112. The van der Waals surface area contributed by atoms with Gasteiger partial charge in [-0.25, -0.2) is 4.68 Å². The molecule has 1 atom stereocenters. The van der Waals surface area contributed by atoms with E-state index in [1.165, 1.54) is 19.4 Å². The van der Waals surface area contributed by atoms with Gasteiger partial charge in [-0.3, -0.25) is 4.79 Å². The molecule has 23 heavy (non-hydrogen) atoms. The molecule has 1 aliphatic rings. The highest BCUT2D eigenvalue weighted by molar-refractivity contribution is 5.73. The van der Waals surface area contributed by atoms with Crippen LogP contribution in [-0.4, -0.2) is 46.7 Å². The Kier molecular flexibility index (Phi) is 5.08. The molecule has 1 unspecified atom stereocenters. The first-order valence-corrected chi connectivity index (χ1v) is 8.23. The van der Waals surface area contributed by atoms with Crippen molar-refractivity contribution in [3.05, 3.63) is 42.2 Å². The molecular weight excluding hydrogens is 290 g/mol. The Hall–Kier alpha value is -2.14. The quantitative estimate of drug-likeness (QED) is 0.582. The summed E-state index contributed by atoms with van der Waals surface area (Å²) in [5.41, 5.74) is 1.48. The average molecular weight is 313 g/mol. The van der Waals surface area contributed by atoms with Gasteiger partial charge in [0.25, 0.3) is 0 Å². The van der Waals surface area contributed by atoms with Gasteiger partial charge in [0.15, 0.2) is 6.29 Å². The zero-order valence-electron chi connectivity index (χ0n) is 13.5. The largest absolute Gasteiger partial charge is 0.494 e. The molecule has 1 fully saturated rings. The zero-order valence-corrected chi connectivity index (χ0v) is 13.5. The molecule has 0 bridgehead atoms. The predicted molar refractivity (Wildman–Crippen MR) is 89.3 cm³/mol. The Morgan fingerprint density at radius 1 is 1.35 bits per heavy atom. The summed E-state index contributed by atoms with van der Waals surface area (Å²) in [6, 6.07) is 8.49. The van der Waals surface area contributed by atoms with Gasteiger partial charge < -0.3 is 9.64 Å². The minimum atomic E-state index is 0.571. The first-order chi connectivity index (χ1) is 11.3. The molecular formula is C18H23N3O2. The van der Waals surface area contributed by atoms with E-state index in [1.54, 1.807) is 17.1 Å². The van der Waals surface area contributed by atoms with E-state index in [4.69, 9.17) is 4.74 Å². The number of aldehydes is 1. The Morgan fingerprint density at radius 2 is 2.17 bits per heavy atom. The summed E-state index contributed by atoms with van der Waals surface area (Å²) in [7, 11) is 0. The number of likely N-dealkylation sites (tertiary alicyclic amines) is 1. The topological polar surface area (TPSA) is 47.4 Å². The standard InChI is InChI=1S/C18H23N3O2/c1-15-4-2-9-20(15)10-3-11-23-18-7-5-17(6-8-18)21-13-16(14-22)12-19-21/h5-8,12-15H,2-4,9-11H2,1H3. The third-order valence-electron chi connectivity index (χ3n) is 4.39. The Morgan fingerprint density at radius 3 is 2.83 bits per heavy atom. The number of carbonyl (C=O) groups is 1. The number of nitrogens with zero attached hydrogens (tertiary/aromatic N) is 3. The summed E-state index contributed by atoms with van der Waals surface area (Å²) in [6.45, 7) is 5.38. The van der Waals surface area contributed by atoms with Crippen LogP contribution in [0.15, 0.2) is 36.7 Å². The monoisotopic (exact) mass is 313 g/mol. The van der Waals surface area contributed by atoms with Crippen LogP contribution >= 0.6 is 0 Å². The van der Waals surface area contributed by atoms with Crippen LogP contribution in [0.1, 0.15) is 36.5 Å². The van der Waals surface area contributed by atoms with Crippen molar-refractivity contribution in [3.63, 3.8) is 0 Å². The number of benzene rings is 1. The van der Waals surface area contributed by atoms with Gasteiger partial charge in [0.1, 0.15) is 5.75 Å². The van der Waals surface area contributed by atoms with E-state index in [9.17, 15) is 4.79 Å². The second-order valence-corrected chi connectivity index (χ2v) is 6.06. The first kappa shape index (κ1) is 15.7. The molecule has 2 aromatic rings. The molecule has 0 aliphatic carbocycles.